The van der Waals surface area contributed by atoms with E-state index in [1.165, 1.54) is 0 Å². The maximum absolute atomic E-state index is 8.68. The van der Waals surface area contributed by atoms with Crippen LogP contribution in [0, 0.1) is 0 Å². The number of rotatable bonds is 1. The summed E-state index contributed by atoms with van der Waals surface area (Å²) in [5.41, 5.74) is 4.68. The first-order valence-corrected chi connectivity index (χ1v) is 4.27. The van der Waals surface area contributed by atoms with E-state index in [-0.39, 0.29) is 0 Å². The van der Waals surface area contributed by atoms with E-state index in [9.17, 15) is 0 Å². The van der Waals surface area contributed by atoms with Crippen molar-refractivity contribution in [3.8, 4) is 0 Å². The fourth-order valence-electron chi connectivity index (χ4n) is 1.55. The second-order valence-corrected chi connectivity index (χ2v) is 3.25. The van der Waals surface area contributed by atoms with Crippen molar-refractivity contribution >= 4 is 17.3 Å². The topological polar surface area (TPSA) is 45.1 Å². The van der Waals surface area contributed by atoms with Gasteiger partial charge in [0.25, 0.3) is 0 Å². The van der Waals surface area contributed by atoms with Gasteiger partial charge in [-0.25, -0.2) is 0 Å². The van der Waals surface area contributed by atoms with Crippen LogP contribution in [0.15, 0.2) is 6.20 Å². The van der Waals surface area contributed by atoms with Gasteiger partial charge < -0.3 is 0 Å². The molecular formula is C8H9ClN2O. The number of fused-ring (bicyclic) bond motifs is 1. The van der Waals surface area contributed by atoms with Gasteiger partial charge >= 0.3 is 0 Å². The van der Waals surface area contributed by atoms with E-state index < -0.39 is 0 Å². The maximum Gasteiger partial charge on any atom is 0.0974 e. The van der Waals surface area contributed by atoms with Gasteiger partial charge in [-0.1, -0.05) is 11.6 Å². The summed E-state index contributed by atoms with van der Waals surface area (Å²) in [6.07, 6.45) is 4.64. The zero-order valence-electron chi connectivity index (χ0n) is 6.47. The van der Waals surface area contributed by atoms with Crippen LogP contribution >= 0.6 is 11.6 Å². The van der Waals surface area contributed by atoms with E-state index in [0.29, 0.717) is 10.7 Å². The van der Waals surface area contributed by atoms with Crippen molar-refractivity contribution in [2.75, 3.05) is 5.48 Å². The smallest absolute Gasteiger partial charge is 0.0974 e. The van der Waals surface area contributed by atoms with E-state index >= 15 is 0 Å². The molecule has 1 aromatic rings. The summed E-state index contributed by atoms with van der Waals surface area (Å²) in [5.74, 6) is 0. The van der Waals surface area contributed by atoms with E-state index in [2.05, 4.69) is 4.98 Å². The highest BCUT2D eigenvalue weighted by molar-refractivity contribution is 6.34. The monoisotopic (exact) mass is 184 g/mol. The summed E-state index contributed by atoms with van der Waals surface area (Å²) in [6.45, 7) is 0. The predicted octanol–water partition coefficient (Wildman–Crippen LogP) is 2.02. The summed E-state index contributed by atoms with van der Waals surface area (Å²) in [4.78, 5) is 4.18. The lowest BCUT2D eigenvalue weighted by molar-refractivity contribution is 0.388. The molecule has 0 unspecified atom stereocenters. The van der Waals surface area contributed by atoms with Gasteiger partial charge in [0.15, 0.2) is 0 Å². The highest BCUT2D eigenvalue weighted by Crippen LogP contribution is 2.32. The van der Waals surface area contributed by atoms with Gasteiger partial charge in [-0.2, -0.15) is 0 Å². The number of halogens is 1. The van der Waals surface area contributed by atoms with Crippen LogP contribution in [0.3, 0.4) is 0 Å². The van der Waals surface area contributed by atoms with Gasteiger partial charge in [-0.05, 0) is 24.8 Å². The Morgan fingerprint density at radius 2 is 2.33 bits per heavy atom. The molecule has 0 saturated carbocycles. The fraction of sp³-hybridized carbons (Fsp3) is 0.375. The Morgan fingerprint density at radius 3 is 3.08 bits per heavy atom. The number of nitrogens with zero attached hydrogens (tertiary/aromatic N) is 1. The van der Waals surface area contributed by atoms with Crippen molar-refractivity contribution in [3.63, 3.8) is 0 Å². The van der Waals surface area contributed by atoms with E-state index in [4.69, 9.17) is 16.8 Å². The summed E-state index contributed by atoms with van der Waals surface area (Å²) < 4.78 is 0. The number of anilines is 1. The largest absolute Gasteiger partial charge is 0.291 e. The van der Waals surface area contributed by atoms with Crippen LogP contribution in [0.2, 0.25) is 5.02 Å². The van der Waals surface area contributed by atoms with Crippen LogP contribution in [-0.2, 0) is 12.8 Å². The molecule has 0 saturated heterocycles. The molecule has 2 N–H and O–H groups in total. The van der Waals surface area contributed by atoms with Gasteiger partial charge in [0.2, 0.25) is 0 Å². The third kappa shape index (κ3) is 1.06. The standard InChI is InChI=1S/C8H9ClN2O/c9-8-5-2-1-3-6(5)10-4-7(8)11-12/h4,11-12H,1-3H2. The molecule has 0 aliphatic heterocycles. The van der Waals surface area contributed by atoms with Gasteiger partial charge in [0.1, 0.15) is 0 Å². The number of hydrogen-bond donors (Lipinski definition) is 2. The highest BCUT2D eigenvalue weighted by atomic mass is 35.5. The van der Waals surface area contributed by atoms with Gasteiger partial charge in [-0.15, -0.1) is 0 Å². The van der Waals surface area contributed by atoms with Gasteiger partial charge in [-0.3, -0.25) is 15.7 Å². The lowest BCUT2D eigenvalue weighted by Gasteiger charge is -2.05. The summed E-state index contributed by atoms with van der Waals surface area (Å²) >= 11 is 5.99. The maximum atomic E-state index is 8.68. The molecule has 0 atom stereocenters. The molecule has 1 aliphatic carbocycles. The number of pyridine rings is 1. The number of aryl methyl sites for hydroxylation is 1. The number of hydrogen-bond acceptors (Lipinski definition) is 3. The lowest BCUT2D eigenvalue weighted by atomic mass is 10.2. The second-order valence-electron chi connectivity index (χ2n) is 2.88. The van der Waals surface area contributed by atoms with E-state index in [1.807, 2.05) is 5.48 Å². The van der Waals surface area contributed by atoms with Crippen LogP contribution in [0.1, 0.15) is 17.7 Å². The molecule has 1 aliphatic rings. The van der Waals surface area contributed by atoms with Crippen LogP contribution in [-0.4, -0.2) is 10.2 Å². The predicted molar refractivity (Wildman–Crippen MR) is 46.7 cm³/mol. The van der Waals surface area contributed by atoms with Crippen molar-refractivity contribution in [3.05, 3.63) is 22.5 Å². The summed E-state index contributed by atoms with van der Waals surface area (Å²) in [7, 11) is 0. The van der Waals surface area contributed by atoms with Crippen molar-refractivity contribution in [2.45, 2.75) is 19.3 Å². The van der Waals surface area contributed by atoms with Crippen molar-refractivity contribution in [1.29, 1.82) is 0 Å². The SMILES string of the molecule is ONc1cnc2c(c1Cl)CCC2. The quantitative estimate of drug-likeness (QED) is 0.657. The number of aromatic nitrogens is 1. The van der Waals surface area contributed by atoms with E-state index in [1.54, 1.807) is 6.20 Å². The zero-order chi connectivity index (χ0) is 8.55. The summed E-state index contributed by atoms with van der Waals surface area (Å²) in [6, 6.07) is 0. The lowest BCUT2D eigenvalue weighted by Crippen LogP contribution is -1.96. The van der Waals surface area contributed by atoms with E-state index in [0.717, 1.165) is 30.5 Å². The molecular weight excluding hydrogens is 176 g/mol. The Hall–Kier alpha value is -0.800. The van der Waals surface area contributed by atoms with Crippen molar-refractivity contribution in [1.82, 2.24) is 4.98 Å². The molecule has 0 fully saturated rings. The third-order valence-corrected chi connectivity index (χ3v) is 2.59. The van der Waals surface area contributed by atoms with Crippen molar-refractivity contribution in [2.24, 2.45) is 0 Å². The van der Waals surface area contributed by atoms with Gasteiger partial charge in [0.05, 0.1) is 16.9 Å². The Bertz CT molecular complexity index is 314. The number of nitrogens with one attached hydrogen (secondary N) is 1. The second kappa shape index (κ2) is 2.92. The van der Waals surface area contributed by atoms with Crippen LogP contribution < -0.4 is 5.48 Å². The molecule has 12 heavy (non-hydrogen) atoms. The molecule has 3 nitrogen and oxygen atoms in total. The molecule has 1 heterocycles. The highest BCUT2D eigenvalue weighted by Gasteiger charge is 2.17. The third-order valence-electron chi connectivity index (χ3n) is 2.16. The molecule has 0 amide bonds. The molecule has 1 aromatic heterocycles. The first kappa shape index (κ1) is 7.83. The Morgan fingerprint density at radius 1 is 1.50 bits per heavy atom. The first-order chi connectivity index (χ1) is 5.83. The Labute approximate surface area is 75.3 Å². The fourth-order valence-corrected chi connectivity index (χ4v) is 1.84. The minimum Gasteiger partial charge on any atom is -0.291 e. The Balaban J connectivity index is 2.54. The molecule has 0 spiro atoms. The average molecular weight is 185 g/mol. The van der Waals surface area contributed by atoms with Crippen molar-refractivity contribution < 1.29 is 5.21 Å². The first-order valence-electron chi connectivity index (χ1n) is 3.89. The molecule has 64 valence electrons. The molecule has 0 aromatic carbocycles. The normalized spacial score (nSPS) is 14.5. The molecule has 2 rings (SSSR count). The Kier molecular flexibility index (Phi) is 1.90. The molecule has 4 heteroatoms. The molecule has 0 radical (unpaired) electrons. The van der Waals surface area contributed by atoms with Crippen LogP contribution in [0.5, 0.6) is 0 Å². The van der Waals surface area contributed by atoms with Crippen LogP contribution in [0.25, 0.3) is 0 Å². The zero-order valence-corrected chi connectivity index (χ0v) is 7.23. The average Bonchev–Trinajstić information content (AvgIpc) is 2.53. The summed E-state index contributed by atoms with van der Waals surface area (Å²) in [5, 5.41) is 9.29. The molecule has 0 bridgehead atoms. The van der Waals surface area contributed by atoms with Gasteiger partial charge in [0, 0.05) is 5.69 Å². The van der Waals surface area contributed by atoms with Crippen LogP contribution in [0.4, 0.5) is 5.69 Å². The minimum absolute atomic E-state index is 0.498. The minimum atomic E-state index is 0.498.